The average molecular weight is 362 g/mol. The number of nitrogens with one attached hydrogen (secondary N) is 1. The molecule has 0 bridgehead atoms. The Labute approximate surface area is 151 Å². The monoisotopic (exact) mass is 362 g/mol. The van der Waals surface area contributed by atoms with Crippen LogP contribution in [0.1, 0.15) is 25.8 Å². The molecule has 25 heavy (non-hydrogen) atoms. The number of thioether (sulfide) groups is 1. The molecule has 0 aromatic heterocycles. The Kier molecular flexibility index (Phi) is 6.64. The van der Waals surface area contributed by atoms with E-state index in [-0.39, 0.29) is 24.1 Å². The molecule has 1 atom stereocenters. The lowest BCUT2D eigenvalue weighted by molar-refractivity contribution is -0.142. The fourth-order valence-electron chi connectivity index (χ4n) is 2.55. The summed E-state index contributed by atoms with van der Waals surface area (Å²) in [6.45, 7) is 3.59. The van der Waals surface area contributed by atoms with E-state index in [0.717, 1.165) is 5.56 Å². The number of amides is 2. The third-order valence-electron chi connectivity index (χ3n) is 3.71. The van der Waals surface area contributed by atoms with E-state index in [2.05, 4.69) is 5.32 Å². The smallest absolute Gasteiger partial charge is 0.326 e. The number of carboxylic acid groups (broad SMARTS) is 1. The second-order valence-corrected chi connectivity index (χ2v) is 7.11. The number of carbonyl (C=O) groups excluding carboxylic acids is 2. The Bertz CT molecular complexity index is 673. The van der Waals surface area contributed by atoms with E-state index in [1.165, 1.54) is 16.7 Å². The second kappa shape index (κ2) is 8.71. The standard InChI is InChI=1S/C18H22N2O4S/c1-12(2)8-14(18(23)24)19-16(21)9-20-15(10-25-11-17(20)22)13-6-4-3-5-7-13/h3-7,10,12,14H,8-9,11H2,1-2H3,(H,19,21)(H,23,24). The molecular weight excluding hydrogens is 340 g/mol. The summed E-state index contributed by atoms with van der Waals surface area (Å²) < 4.78 is 0. The number of benzene rings is 1. The number of hydrogen-bond donors (Lipinski definition) is 2. The van der Waals surface area contributed by atoms with Crippen molar-refractivity contribution in [3.05, 3.63) is 41.3 Å². The van der Waals surface area contributed by atoms with E-state index in [1.54, 1.807) is 0 Å². The molecule has 1 heterocycles. The van der Waals surface area contributed by atoms with Gasteiger partial charge in [-0.1, -0.05) is 44.2 Å². The molecule has 2 N–H and O–H groups in total. The molecule has 0 saturated carbocycles. The molecule has 0 saturated heterocycles. The molecule has 0 aliphatic carbocycles. The number of carboxylic acids is 1. The first-order valence-electron chi connectivity index (χ1n) is 8.08. The van der Waals surface area contributed by atoms with Crippen molar-refractivity contribution in [1.82, 2.24) is 10.2 Å². The van der Waals surface area contributed by atoms with E-state index in [9.17, 15) is 19.5 Å². The zero-order chi connectivity index (χ0) is 18.4. The number of hydrogen-bond acceptors (Lipinski definition) is 4. The highest BCUT2D eigenvalue weighted by Crippen LogP contribution is 2.27. The van der Waals surface area contributed by atoms with Crippen molar-refractivity contribution in [2.45, 2.75) is 26.3 Å². The van der Waals surface area contributed by atoms with Gasteiger partial charge in [0.1, 0.15) is 12.6 Å². The Morgan fingerprint density at radius 2 is 1.96 bits per heavy atom. The van der Waals surface area contributed by atoms with Gasteiger partial charge in [-0.25, -0.2) is 4.79 Å². The van der Waals surface area contributed by atoms with Crippen molar-refractivity contribution >= 4 is 35.2 Å². The molecule has 1 unspecified atom stereocenters. The van der Waals surface area contributed by atoms with Crippen LogP contribution in [0, 0.1) is 5.92 Å². The van der Waals surface area contributed by atoms with Crippen LogP contribution in [0.2, 0.25) is 0 Å². The minimum Gasteiger partial charge on any atom is -0.480 e. The summed E-state index contributed by atoms with van der Waals surface area (Å²) in [5.74, 6) is -1.32. The third kappa shape index (κ3) is 5.35. The summed E-state index contributed by atoms with van der Waals surface area (Å²) in [6.07, 6.45) is 0.340. The highest BCUT2D eigenvalue weighted by atomic mass is 32.2. The molecule has 1 aromatic carbocycles. The highest BCUT2D eigenvalue weighted by Gasteiger charge is 2.27. The van der Waals surface area contributed by atoms with Gasteiger partial charge in [0.25, 0.3) is 0 Å². The Morgan fingerprint density at radius 1 is 1.28 bits per heavy atom. The van der Waals surface area contributed by atoms with Crippen molar-refractivity contribution in [3.8, 4) is 0 Å². The SMILES string of the molecule is CC(C)CC(NC(=O)CN1C(=O)CSC=C1c1ccccc1)C(=O)O. The van der Waals surface area contributed by atoms with Crippen LogP contribution >= 0.6 is 11.8 Å². The van der Waals surface area contributed by atoms with Crippen LogP contribution in [0.5, 0.6) is 0 Å². The van der Waals surface area contributed by atoms with E-state index in [4.69, 9.17) is 0 Å². The Morgan fingerprint density at radius 3 is 2.56 bits per heavy atom. The van der Waals surface area contributed by atoms with Gasteiger partial charge >= 0.3 is 5.97 Å². The first kappa shape index (κ1) is 19.1. The van der Waals surface area contributed by atoms with Gasteiger partial charge in [-0.2, -0.15) is 0 Å². The molecule has 2 amide bonds. The maximum atomic E-state index is 12.3. The summed E-state index contributed by atoms with van der Waals surface area (Å²) in [5, 5.41) is 13.6. The lowest BCUT2D eigenvalue weighted by atomic mass is 10.0. The van der Waals surface area contributed by atoms with Gasteiger partial charge in [-0.15, -0.1) is 11.8 Å². The summed E-state index contributed by atoms with van der Waals surface area (Å²) >= 11 is 1.38. The van der Waals surface area contributed by atoms with Crippen molar-refractivity contribution in [2.24, 2.45) is 5.92 Å². The van der Waals surface area contributed by atoms with Crippen molar-refractivity contribution in [1.29, 1.82) is 0 Å². The minimum absolute atomic E-state index is 0.134. The summed E-state index contributed by atoms with van der Waals surface area (Å²) in [5.41, 5.74) is 1.50. The number of nitrogens with zero attached hydrogens (tertiary/aromatic N) is 1. The maximum absolute atomic E-state index is 12.3. The normalized spacial score (nSPS) is 15.7. The first-order valence-corrected chi connectivity index (χ1v) is 9.13. The van der Waals surface area contributed by atoms with Crippen LogP contribution < -0.4 is 5.32 Å². The van der Waals surface area contributed by atoms with E-state index >= 15 is 0 Å². The summed E-state index contributed by atoms with van der Waals surface area (Å²) in [7, 11) is 0. The average Bonchev–Trinajstić information content (AvgIpc) is 2.56. The predicted molar refractivity (Wildman–Crippen MR) is 97.6 cm³/mol. The Hall–Kier alpha value is -2.28. The van der Waals surface area contributed by atoms with Crippen LogP contribution in [0.25, 0.3) is 5.70 Å². The fourth-order valence-corrected chi connectivity index (χ4v) is 3.35. The number of aliphatic carboxylic acids is 1. The van der Waals surface area contributed by atoms with E-state index in [1.807, 2.05) is 49.6 Å². The fraction of sp³-hybridized carbons (Fsp3) is 0.389. The molecule has 6 nitrogen and oxygen atoms in total. The van der Waals surface area contributed by atoms with Crippen LogP contribution in [0.4, 0.5) is 0 Å². The predicted octanol–water partition coefficient (Wildman–Crippen LogP) is 2.18. The zero-order valence-electron chi connectivity index (χ0n) is 14.3. The molecule has 134 valence electrons. The largest absolute Gasteiger partial charge is 0.480 e. The van der Waals surface area contributed by atoms with Crippen LogP contribution in [-0.2, 0) is 14.4 Å². The highest BCUT2D eigenvalue weighted by molar-refractivity contribution is 8.03. The van der Waals surface area contributed by atoms with Gasteiger partial charge < -0.3 is 15.3 Å². The number of carbonyl (C=O) groups is 3. The quantitative estimate of drug-likeness (QED) is 0.776. The van der Waals surface area contributed by atoms with E-state index in [0.29, 0.717) is 12.1 Å². The molecule has 1 aliphatic heterocycles. The number of rotatable bonds is 7. The van der Waals surface area contributed by atoms with Gasteiger partial charge in [-0.05, 0) is 23.3 Å². The lowest BCUT2D eigenvalue weighted by Crippen LogP contribution is -2.47. The molecule has 0 radical (unpaired) electrons. The van der Waals surface area contributed by atoms with E-state index < -0.39 is 17.9 Å². The molecule has 0 fully saturated rings. The van der Waals surface area contributed by atoms with Crippen LogP contribution in [0.3, 0.4) is 0 Å². The first-order chi connectivity index (χ1) is 11.9. The second-order valence-electron chi connectivity index (χ2n) is 6.25. The van der Waals surface area contributed by atoms with Crippen LogP contribution in [0.15, 0.2) is 35.7 Å². The summed E-state index contributed by atoms with van der Waals surface area (Å²) in [4.78, 5) is 37.3. The van der Waals surface area contributed by atoms with Gasteiger partial charge in [0.05, 0.1) is 11.4 Å². The van der Waals surface area contributed by atoms with Crippen LogP contribution in [-0.4, -0.2) is 46.1 Å². The van der Waals surface area contributed by atoms with Gasteiger partial charge in [0.2, 0.25) is 11.8 Å². The van der Waals surface area contributed by atoms with Gasteiger partial charge in [-0.3, -0.25) is 9.59 Å². The lowest BCUT2D eigenvalue weighted by Gasteiger charge is -2.28. The molecule has 0 spiro atoms. The molecular formula is C18H22N2O4S. The topological polar surface area (TPSA) is 86.7 Å². The molecule has 2 rings (SSSR count). The molecule has 1 aromatic rings. The summed E-state index contributed by atoms with van der Waals surface area (Å²) in [6, 6.07) is 8.39. The van der Waals surface area contributed by atoms with Gasteiger partial charge in [0, 0.05) is 0 Å². The third-order valence-corrected chi connectivity index (χ3v) is 4.51. The van der Waals surface area contributed by atoms with Gasteiger partial charge in [0.15, 0.2) is 0 Å². The van der Waals surface area contributed by atoms with Crippen molar-refractivity contribution in [2.75, 3.05) is 12.3 Å². The zero-order valence-corrected chi connectivity index (χ0v) is 15.1. The molecule has 7 heteroatoms. The minimum atomic E-state index is -1.07. The Balaban J connectivity index is 2.11. The van der Waals surface area contributed by atoms with Crippen molar-refractivity contribution in [3.63, 3.8) is 0 Å². The van der Waals surface area contributed by atoms with Crippen molar-refractivity contribution < 1.29 is 19.5 Å². The maximum Gasteiger partial charge on any atom is 0.326 e. The molecule has 1 aliphatic rings.